The summed E-state index contributed by atoms with van der Waals surface area (Å²) in [7, 11) is 0. The maximum atomic E-state index is 12.5. The first-order valence-electron chi connectivity index (χ1n) is 7.61. The molecule has 1 fully saturated rings. The molecule has 0 spiro atoms. The monoisotopic (exact) mass is 275 g/mol. The van der Waals surface area contributed by atoms with Gasteiger partial charge in [0, 0.05) is 13.0 Å². The van der Waals surface area contributed by atoms with Crippen LogP contribution in [0.5, 0.6) is 5.75 Å². The van der Waals surface area contributed by atoms with E-state index in [-0.39, 0.29) is 5.78 Å². The third-order valence-corrected chi connectivity index (χ3v) is 3.86. The van der Waals surface area contributed by atoms with Gasteiger partial charge in [-0.05, 0) is 63.9 Å². The van der Waals surface area contributed by atoms with Gasteiger partial charge in [0.25, 0.3) is 0 Å². The van der Waals surface area contributed by atoms with Crippen LogP contribution in [-0.2, 0) is 0 Å². The van der Waals surface area contributed by atoms with Gasteiger partial charge in [-0.2, -0.15) is 0 Å². The molecule has 3 nitrogen and oxygen atoms in total. The van der Waals surface area contributed by atoms with Crippen LogP contribution in [0, 0.1) is 13.8 Å². The smallest absolute Gasteiger partial charge is 0.167 e. The summed E-state index contributed by atoms with van der Waals surface area (Å²) in [6.45, 7) is 9.73. The number of nitrogens with zero attached hydrogens (tertiary/aromatic N) is 1. The molecular weight excluding hydrogens is 250 g/mol. The highest BCUT2D eigenvalue weighted by Crippen LogP contribution is 2.27. The van der Waals surface area contributed by atoms with Crippen LogP contribution < -0.4 is 4.74 Å². The number of rotatable bonds is 6. The highest BCUT2D eigenvalue weighted by molar-refractivity contribution is 5.99. The van der Waals surface area contributed by atoms with Crippen LogP contribution in [0.1, 0.15) is 47.7 Å². The van der Waals surface area contributed by atoms with Gasteiger partial charge >= 0.3 is 0 Å². The topological polar surface area (TPSA) is 29.5 Å². The Labute approximate surface area is 121 Å². The molecule has 1 aromatic rings. The van der Waals surface area contributed by atoms with Crippen LogP contribution in [0.25, 0.3) is 0 Å². The Kier molecular flexibility index (Phi) is 5.18. The highest BCUT2D eigenvalue weighted by Gasteiger charge is 2.18. The van der Waals surface area contributed by atoms with E-state index in [0.29, 0.717) is 13.0 Å². The van der Waals surface area contributed by atoms with Gasteiger partial charge in [-0.25, -0.2) is 0 Å². The summed E-state index contributed by atoms with van der Waals surface area (Å²) in [6.07, 6.45) is 3.12. The molecule has 3 heteroatoms. The van der Waals surface area contributed by atoms with Gasteiger partial charge in [0.1, 0.15) is 5.75 Å². The Balaban J connectivity index is 2.10. The van der Waals surface area contributed by atoms with Gasteiger partial charge in [-0.15, -0.1) is 0 Å². The third kappa shape index (κ3) is 3.60. The predicted octanol–water partition coefficient (Wildman–Crippen LogP) is 3.37. The Morgan fingerprint density at radius 2 is 1.95 bits per heavy atom. The van der Waals surface area contributed by atoms with Gasteiger partial charge < -0.3 is 9.64 Å². The Morgan fingerprint density at radius 3 is 2.60 bits per heavy atom. The zero-order valence-corrected chi connectivity index (χ0v) is 12.9. The van der Waals surface area contributed by atoms with Gasteiger partial charge in [0.15, 0.2) is 5.78 Å². The Bertz CT molecular complexity index is 476. The van der Waals surface area contributed by atoms with E-state index < -0.39 is 0 Å². The zero-order chi connectivity index (χ0) is 14.5. The lowest BCUT2D eigenvalue weighted by Gasteiger charge is -2.16. The van der Waals surface area contributed by atoms with Crippen molar-refractivity contribution in [3.8, 4) is 5.75 Å². The molecule has 0 N–H and O–H groups in total. The molecule has 0 aromatic heterocycles. The van der Waals surface area contributed by atoms with Gasteiger partial charge in [0.2, 0.25) is 0 Å². The van der Waals surface area contributed by atoms with Crippen LogP contribution in [-0.4, -0.2) is 36.9 Å². The lowest BCUT2D eigenvalue weighted by molar-refractivity contribution is 0.0965. The molecule has 110 valence electrons. The first-order chi connectivity index (χ1) is 9.61. The summed E-state index contributed by atoms with van der Waals surface area (Å²) >= 11 is 0. The minimum atomic E-state index is 0.201. The summed E-state index contributed by atoms with van der Waals surface area (Å²) in [5.41, 5.74) is 2.93. The van der Waals surface area contributed by atoms with Crippen molar-refractivity contribution in [2.45, 2.75) is 40.0 Å². The van der Waals surface area contributed by atoms with Crippen molar-refractivity contribution in [1.82, 2.24) is 4.90 Å². The van der Waals surface area contributed by atoms with Crippen molar-refractivity contribution in [3.05, 3.63) is 28.8 Å². The standard InChI is InChI=1S/C17H25NO2/c1-4-20-17-14(3)11-13(2)12-15(17)16(19)7-10-18-8-5-6-9-18/h11-12H,4-10H2,1-3H3. The number of hydrogen-bond donors (Lipinski definition) is 0. The number of aryl methyl sites for hydroxylation is 2. The molecule has 0 saturated carbocycles. The summed E-state index contributed by atoms with van der Waals surface area (Å²) in [6, 6.07) is 4.03. The van der Waals surface area contributed by atoms with Gasteiger partial charge in [-0.3, -0.25) is 4.79 Å². The first kappa shape index (κ1) is 15.0. The molecule has 0 atom stereocenters. The number of ketones is 1. The van der Waals surface area contributed by atoms with Crippen molar-refractivity contribution in [2.75, 3.05) is 26.2 Å². The quantitative estimate of drug-likeness (QED) is 0.745. The third-order valence-electron chi connectivity index (χ3n) is 3.86. The van der Waals surface area contributed by atoms with E-state index in [2.05, 4.69) is 11.0 Å². The SMILES string of the molecule is CCOc1c(C)cc(C)cc1C(=O)CCN1CCCC1. The van der Waals surface area contributed by atoms with E-state index in [1.807, 2.05) is 26.8 Å². The maximum Gasteiger partial charge on any atom is 0.167 e. The van der Waals surface area contributed by atoms with E-state index in [0.717, 1.165) is 42.1 Å². The summed E-state index contributed by atoms with van der Waals surface area (Å²) in [4.78, 5) is 14.9. The number of carbonyl (C=O) groups excluding carboxylic acids is 1. The molecule has 0 amide bonds. The summed E-state index contributed by atoms with van der Waals surface area (Å²) in [5, 5.41) is 0. The largest absolute Gasteiger partial charge is 0.493 e. The van der Waals surface area contributed by atoms with Crippen LogP contribution >= 0.6 is 0 Å². The Morgan fingerprint density at radius 1 is 1.25 bits per heavy atom. The summed E-state index contributed by atoms with van der Waals surface area (Å²) < 4.78 is 5.68. The average molecular weight is 275 g/mol. The lowest BCUT2D eigenvalue weighted by atomic mass is 10.0. The molecule has 0 aliphatic carbocycles. The van der Waals surface area contributed by atoms with Crippen LogP contribution in [0.15, 0.2) is 12.1 Å². The van der Waals surface area contributed by atoms with Crippen LogP contribution in [0.2, 0.25) is 0 Å². The fourth-order valence-electron chi connectivity index (χ4n) is 2.90. The first-order valence-corrected chi connectivity index (χ1v) is 7.61. The predicted molar refractivity (Wildman–Crippen MR) is 81.7 cm³/mol. The number of carbonyl (C=O) groups is 1. The fraction of sp³-hybridized carbons (Fsp3) is 0.588. The molecule has 1 saturated heterocycles. The lowest BCUT2D eigenvalue weighted by Crippen LogP contribution is -2.23. The minimum Gasteiger partial charge on any atom is -0.493 e. The second-order valence-corrected chi connectivity index (χ2v) is 5.61. The molecule has 1 aliphatic heterocycles. The fourth-order valence-corrected chi connectivity index (χ4v) is 2.90. The normalized spacial score (nSPS) is 15.6. The second-order valence-electron chi connectivity index (χ2n) is 5.61. The molecule has 1 aliphatic rings. The van der Waals surface area contributed by atoms with Gasteiger partial charge in [-0.1, -0.05) is 6.07 Å². The number of Topliss-reactive ketones (excluding diaryl/α,β-unsaturated/α-hetero) is 1. The Hall–Kier alpha value is -1.35. The van der Waals surface area contributed by atoms with Crippen molar-refractivity contribution in [1.29, 1.82) is 0 Å². The minimum absolute atomic E-state index is 0.201. The molecule has 20 heavy (non-hydrogen) atoms. The average Bonchev–Trinajstić information content (AvgIpc) is 2.92. The maximum absolute atomic E-state index is 12.5. The highest BCUT2D eigenvalue weighted by atomic mass is 16.5. The van der Waals surface area contributed by atoms with E-state index in [1.54, 1.807) is 0 Å². The molecule has 2 rings (SSSR count). The van der Waals surface area contributed by atoms with E-state index in [4.69, 9.17) is 4.74 Å². The molecule has 1 heterocycles. The number of likely N-dealkylation sites (tertiary alicyclic amines) is 1. The van der Waals surface area contributed by atoms with E-state index in [1.165, 1.54) is 12.8 Å². The van der Waals surface area contributed by atoms with Gasteiger partial charge in [0.05, 0.1) is 12.2 Å². The molecule has 0 bridgehead atoms. The number of ether oxygens (including phenoxy) is 1. The van der Waals surface area contributed by atoms with Crippen molar-refractivity contribution < 1.29 is 9.53 Å². The van der Waals surface area contributed by atoms with Crippen molar-refractivity contribution in [2.24, 2.45) is 0 Å². The molecule has 0 radical (unpaired) electrons. The number of benzene rings is 1. The zero-order valence-electron chi connectivity index (χ0n) is 12.9. The van der Waals surface area contributed by atoms with Crippen LogP contribution in [0.3, 0.4) is 0 Å². The molecular formula is C17H25NO2. The second kappa shape index (κ2) is 6.89. The van der Waals surface area contributed by atoms with E-state index in [9.17, 15) is 4.79 Å². The van der Waals surface area contributed by atoms with Crippen molar-refractivity contribution >= 4 is 5.78 Å². The molecule has 0 unspecified atom stereocenters. The van der Waals surface area contributed by atoms with Crippen LogP contribution in [0.4, 0.5) is 0 Å². The summed E-state index contributed by atoms with van der Waals surface area (Å²) in [5.74, 6) is 0.969. The van der Waals surface area contributed by atoms with Crippen molar-refractivity contribution in [3.63, 3.8) is 0 Å². The molecule has 1 aromatic carbocycles. The number of hydrogen-bond acceptors (Lipinski definition) is 3. The van der Waals surface area contributed by atoms with E-state index >= 15 is 0 Å².